The fraction of sp³-hybridized carbons (Fsp3) is 0.385. The van der Waals surface area contributed by atoms with Crippen molar-refractivity contribution < 1.29 is 0 Å². The molecular weight excluding hydrogens is 212 g/mol. The van der Waals surface area contributed by atoms with Crippen molar-refractivity contribution in [2.45, 2.75) is 32.7 Å². The molecule has 0 aliphatic carbocycles. The first kappa shape index (κ1) is 12.3. The van der Waals surface area contributed by atoms with Crippen LogP contribution >= 0.6 is 0 Å². The van der Waals surface area contributed by atoms with E-state index in [4.69, 9.17) is 0 Å². The van der Waals surface area contributed by atoms with E-state index in [0.717, 1.165) is 0 Å². The Morgan fingerprint density at radius 1 is 1.07 bits per heavy atom. The zero-order valence-electron chi connectivity index (χ0n) is 10.3. The van der Waals surface area contributed by atoms with Crippen LogP contribution in [0.2, 0.25) is 32.7 Å². The number of rotatable bonds is 1. The van der Waals surface area contributed by atoms with Gasteiger partial charge in [0.1, 0.15) is 8.07 Å². The molecule has 0 amide bonds. The summed E-state index contributed by atoms with van der Waals surface area (Å²) < 4.78 is 0. The minimum atomic E-state index is -1.25. The van der Waals surface area contributed by atoms with E-state index in [1.807, 2.05) is 0 Å². The van der Waals surface area contributed by atoms with Crippen LogP contribution in [-0.4, -0.2) is 16.9 Å². The molecule has 0 aromatic heterocycles. The summed E-state index contributed by atoms with van der Waals surface area (Å²) in [6.07, 6.45) is 0. The third-order valence-corrected chi connectivity index (χ3v) is 4.43. The lowest BCUT2D eigenvalue weighted by Crippen LogP contribution is -2.25. The van der Waals surface area contributed by atoms with E-state index in [9.17, 15) is 0 Å². The zero-order chi connectivity index (χ0) is 11.5. The summed E-state index contributed by atoms with van der Waals surface area (Å²) in [6.45, 7) is 11.5. The highest BCUT2D eigenvalue weighted by atomic mass is 28.3. The third-order valence-electron chi connectivity index (χ3n) is 2.04. The van der Waals surface area contributed by atoms with E-state index >= 15 is 0 Å². The highest BCUT2D eigenvalue weighted by molar-refractivity contribution is 6.84. The van der Waals surface area contributed by atoms with Crippen LogP contribution in [0.5, 0.6) is 0 Å². The maximum Gasteiger partial charge on any atom is 0.129 e. The van der Waals surface area contributed by atoms with Crippen molar-refractivity contribution in [3.05, 3.63) is 29.8 Å². The lowest BCUT2D eigenvalue weighted by Gasteiger charge is -2.08. The molecule has 0 spiro atoms. The molecule has 0 N–H and O–H groups in total. The summed E-state index contributed by atoms with van der Waals surface area (Å²) in [4.78, 5) is 0. The molecule has 0 unspecified atom stereocenters. The van der Waals surface area contributed by atoms with Crippen LogP contribution < -0.4 is 5.19 Å². The molecule has 15 heavy (non-hydrogen) atoms. The summed E-state index contributed by atoms with van der Waals surface area (Å²) in [5.74, 6) is 3.37. The summed E-state index contributed by atoms with van der Waals surface area (Å²) >= 11 is 0. The Kier molecular flexibility index (Phi) is 3.95. The third kappa shape index (κ3) is 4.07. The van der Waals surface area contributed by atoms with Gasteiger partial charge in [-0.2, -0.15) is 0 Å². The number of hydrogen-bond acceptors (Lipinski definition) is 0. The molecule has 0 heterocycles. The van der Waals surface area contributed by atoms with Gasteiger partial charge in [-0.05, 0) is 11.3 Å². The molecule has 0 fully saturated rings. The van der Waals surface area contributed by atoms with Crippen molar-refractivity contribution in [2.75, 3.05) is 0 Å². The molecule has 0 saturated carbocycles. The van der Waals surface area contributed by atoms with Crippen LogP contribution in [0.4, 0.5) is 0 Å². The van der Waals surface area contributed by atoms with E-state index in [2.05, 4.69) is 68.5 Å². The van der Waals surface area contributed by atoms with Gasteiger partial charge in [0.15, 0.2) is 0 Å². The molecule has 0 bridgehead atoms. The van der Waals surface area contributed by atoms with Gasteiger partial charge < -0.3 is 0 Å². The van der Waals surface area contributed by atoms with Gasteiger partial charge in [-0.15, -0.1) is 5.54 Å². The lowest BCUT2D eigenvalue weighted by molar-refractivity contribution is 1.68. The summed E-state index contributed by atoms with van der Waals surface area (Å²) in [7, 11) is -1.64. The maximum absolute atomic E-state index is 3.44. The van der Waals surface area contributed by atoms with Crippen molar-refractivity contribution >= 4 is 22.1 Å². The summed E-state index contributed by atoms with van der Waals surface area (Å²) in [5.41, 5.74) is 4.69. The molecule has 0 nitrogen and oxygen atoms in total. The molecule has 79 valence electrons. The topological polar surface area (TPSA) is 0 Å². The first-order valence-electron chi connectivity index (χ1n) is 5.33. The average Bonchev–Trinajstić information content (AvgIpc) is 2.14. The first-order chi connectivity index (χ1) is 6.90. The molecule has 0 aliphatic rings. The van der Waals surface area contributed by atoms with Gasteiger partial charge in [0, 0.05) is 5.56 Å². The molecular formula is C13H19Si2. The minimum Gasteiger partial charge on any atom is -0.127 e. The Balaban J connectivity index is 3.08. The van der Waals surface area contributed by atoms with E-state index in [1.165, 1.54) is 10.8 Å². The monoisotopic (exact) mass is 231 g/mol. The highest BCUT2D eigenvalue weighted by Crippen LogP contribution is 2.00. The quantitative estimate of drug-likeness (QED) is 0.515. The van der Waals surface area contributed by atoms with E-state index < -0.39 is 16.9 Å². The van der Waals surface area contributed by atoms with Gasteiger partial charge in [0.2, 0.25) is 0 Å². The SMILES string of the molecule is C[Si](C)c1ccccc1C#C[Si](C)(C)C. The second-order valence-electron chi connectivity index (χ2n) is 5.05. The molecule has 0 saturated heterocycles. The van der Waals surface area contributed by atoms with Crippen LogP contribution in [0.15, 0.2) is 24.3 Å². The molecule has 0 atom stereocenters. The second kappa shape index (κ2) is 4.82. The van der Waals surface area contributed by atoms with Crippen LogP contribution in [0.25, 0.3) is 0 Å². The van der Waals surface area contributed by atoms with Gasteiger partial charge in [-0.3, -0.25) is 0 Å². The van der Waals surface area contributed by atoms with Crippen LogP contribution in [-0.2, 0) is 0 Å². The molecule has 1 aromatic carbocycles. The predicted octanol–water partition coefficient (Wildman–Crippen LogP) is 2.88. The first-order valence-corrected chi connectivity index (χ1v) is 11.3. The van der Waals surface area contributed by atoms with Crippen molar-refractivity contribution in [3.8, 4) is 11.5 Å². The largest absolute Gasteiger partial charge is 0.129 e. The summed E-state index contributed by atoms with van der Waals surface area (Å²) in [6, 6.07) is 8.58. The second-order valence-corrected chi connectivity index (χ2v) is 12.3. The molecule has 0 aliphatic heterocycles. The number of hydrogen-bond donors (Lipinski definition) is 0. The molecule has 1 radical (unpaired) electrons. The fourth-order valence-corrected chi connectivity index (χ4v) is 2.91. The van der Waals surface area contributed by atoms with Crippen molar-refractivity contribution in [1.29, 1.82) is 0 Å². The Morgan fingerprint density at radius 2 is 1.67 bits per heavy atom. The van der Waals surface area contributed by atoms with E-state index in [-0.39, 0.29) is 0 Å². The van der Waals surface area contributed by atoms with Crippen LogP contribution in [0, 0.1) is 11.5 Å². The Bertz CT molecular complexity index is 389. The maximum atomic E-state index is 3.44. The normalized spacial score (nSPS) is 11.1. The van der Waals surface area contributed by atoms with E-state index in [1.54, 1.807) is 0 Å². The average molecular weight is 231 g/mol. The molecule has 1 aromatic rings. The fourth-order valence-electron chi connectivity index (χ4n) is 1.28. The standard InChI is InChI=1S/C13H19Si2/c1-14(2)13-9-7-6-8-12(13)10-11-15(3,4)5/h6-9H,1-5H3. The van der Waals surface area contributed by atoms with Crippen molar-refractivity contribution in [1.82, 2.24) is 0 Å². The van der Waals surface area contributed by atoms with Gasteiger partial charge in [0.05, 0.1) is 8.80 Å². The Labute approximate surface area is 96.3 Å². The lowest BCUT2D eigenvalue weighted by atomic mass is 10.2. The van der Waals surface area contributed by atoms with Gasteiger partial charge in [-0.25, -0.2) is 0 Å². The van der Waals surface area contributed by atoms with Crippen molar-refractivity contribution in [2.24, 2.45) is 0 Å². The molecule has 2 heteroatoms. The van der Waals surface area contributed by atoms with Crippen molar-refractivity contribution in [3.63, 3.8) is 0 Å². The van der Waals surface area contributed by atoms with Gasteiger partial charge in [0.25, 0.3) is 0 Å². The number of benzene rings is 1. The Morgan fingerprint density at radius 3 is 2.20 bits per heavy atom. The minimum absolute atomic E-state index is 0.396. The zero-order valence-corrected chi connectivity index (χ0v) is 12.3. The Hall–Kier alpha value is -0.786. The van der Waals surface area contributed by atoms with Gasteiger partial charge in [-0.1, -0.05) is 56.9 Å². The van der Waals surface area contributed by atoms with Crippen LogP contribution in [0.3, 0.4) is 0 Å². The smallest absolute Gasteiger partial charge is 0.127 e. The molecule has 1 rings (SSSR count). The highest BCUT2D eigenvalue weighted by Gasteiger charge is 2.09. The van der Waals surface area contributed by atoms with Gasteiger partial charge >= 0.3 is 0 Å². The van der Waals surface area contributed by atoms with E-state index in [0.29, 0.717) is 0 Å². The van der Waals surface area contributed by atoms with Crippen LogP contribution in [0.1, 0.15) is 5.56 Å². The summed E-state index contributed by atoms with van der Waals surface area (Å²) in [5, 5.41) is 1.47. The predicted molar refractivity (Wildman–Crippen MR) is 73.8 cm³/mol.